The molecular weight excluding hydrogens is 522 g/mol. The van der Waals surface area contributed by atoms with E-state index in [0.717, 1.165) is 5.56 Å². The molecule has 0 saturated carbocycles. The lowest BCUT2D eigenvalue weighted by atomic mass is 9.95. The largest absolute Gasteiger partial charge is 0.426 e. The number of halogens is 1. The van der Waals surface area contributed by atoms with Crippen LogP contribution in [0.2, 0.25) is 5.02 Å². The maximum atomic E-state index is 13.8. The Kier molecular flexibility index (Phi) is 7.09. The number of amides is 1. The predicted molar refractivity (Wildman–Crippen MR) is 148 cm³/mol. The van der Waals surface area contributed by atoms with E-state index in [1.165, 1.54) is 22.8 Å². The Balaban J connectivity index is 1.67. The van der Waals surface area contributed by atoms with Gasteiger partial charge in [-0.15, -0.1) is 0 Å². The summed E-state index contributed by atoms with van der Waals surface area (Å²) in [6, 6.07) is 22.4. The van der Waals surface area contributed by atoms with Crippen LogP contribution in [0.3, 0.4) is 0 Å². The topological polar surface area (TPSA) is 89.8 Å². The number of carbonyl (C=O) groups excluding carboxylic acids is 2. The van der Waals surface area contributed by atoms with Gasteiger partial charge in [-0.05, 0) is 48.9 Å². The second kappa shape index (κ2) is 10.6. The first-order valence-electron chi connectivity index (χ1n) is 11.7. The minimum Gasteiger partial charge on any atom is -0.426 e. The minimum atomic E-state index is -0.724. The maximum absolute atomic E-state index is 13.8. The van der Waals surface area contributed by atoms with Crippen molar-refractivity contribution in [3.8, 4) is 5.75 Å². The number of rotatable bonds is 5. The van der Waals surface area contributed by atoms with Crippen molar-refractivity contribution in [2.24, 2.45) is 4.99 Å². The molecule has 0 spiro atoms. The Morgan fingerprint density at radius 1 is 1.03 bits per heavy atom. The van der Waals surface area contributed by atoms with Gasteiger partial charge in [-0.1, -0.05) is 71.5 Å². The standard InChI is InChI=1S/C29H22ClN3O4S/c1-17-25(27(35)32-22-9-4-3-5-10-22)26(19-12-14-21(30)15-13-19)33-28(36)24(38-29(33)31-17)16-20-8-6-7-11-23(20)37-18(2)34/h3-16,26H,1-2H3,(H,32,35)/t26-/m0/s1. The van der Waals surface area contributed by atoms with Gasteiger partial charge in [0.2, 0.25) is 0 Å². The van der Waals surface area contributed by atoms with Gasteiger partial charge in [0.05, 0.1) is 21.8 Å². The summed E-state index contributed by atoms with van der Waals surface area (Å²) in [7, 11) is 0. The molecule has 1 N–H and O–H groups in total. The zero-order valence-electron chi connectivity index (χ0n) is 20.5. The van der Waals surface area contributed by atoms with Crippen molar-refractivity contribution < 1.29 is 14.3 Å². The van der Waals surface area contributed by atoms with Crippen molar-refractivity contribution in [1.29, 1.82) is 0 Å². The number of hydrogen-bond acceptors (Lipinski definition) is 6. The lowest BCUT2D eigenvalue weighted by Crippen LogP contribution is -2.40. The van der Waals surface area contributed by atoms with Crippen LogP contribution >= 0.6 is 22.9 Å². The summed E-state index contributed by atoms with van der Waals surface area (Å²) in [5.74, 6) is -0.467. The highest BCUT2D eigenvalue weighted by Crippen LogP contribution is 2.31. The lowest BCUT2D eigenvalue weighted by molar-refractivity contribution is -0.131. The van der Waals surface area contributed by atoms with Crippen molar-refractivity contribution in [2.75, 3.05) is 5.32 Å². The summed E-state index contributed by atoms with van der Waals surface area (Å²) in [4.78, 5) is 44.1. The van der Waals surface area contributed by atoms with Gasteiger partial charge in [0.1, 0.15) is 5.75 Å². The van der Waals surface area contributed by atoms with Gasteiger partial charge in [0, 0.05) is 23.2 Å². The smallest absolute Gasteiger partial charge is 0.308 e. The summed E-state index contributed by atoms with van der Waals surface area (Å²) < 4.78 is 7.23. The van der Waals surface area contributed by atoms with Crippen LogP contribution in [-0.2, 0) is 9.59 Å². The third-order valence-corrected chi connectivity index (χ3v) is 7.18. The highest BCUT2D eigenvalue weighted by Gasteiger charge is 2.32. The minimum absolute atomic E-state index is 0.316. The number of nitrogens with one attached hydrogen (secondary N) is 1. The van der Waals surface area contributed by atoms with Crippen LogP contribution in [0.4, 0.5) is 5.69 Å². The van der Waals surface area contributed by atoms with E-state index < -0.39 is 12.0 Å². The third-order valence-electron chi connectivity index (χ3n) is 5.94. The zero-order chi connectivity index (χ0) is 26.8. The Labute approximate surface area is 227 Å². The molecule has 7 nitrogen and oxygen atoms in total. The molecule has 3 aromatic carbocycles. The van der Waals surface area contributed by atoms with Crippen molar-refractivity contribution in [3.05, 3.63) is 126 Å². The first kappa shape index (κ1) is 25.4. The molecule has 0 fully saturated rings. The molecule has 1 aliphatic rings. The summed E-state index contributed by atoms with van der Waals surface area (Å²) in [6.07, 6.45) is 1.67. The fraction of sp³-hybridized carbons (Fsp3) is 0.103. The number of carbonyl (C=O) groups is 2. The fourth-order valence-electron chi connectivity index (χ4n) is 4.28. The normalized spacial score (nSPS) is 15.0. The fourth-order valence-corrected chi connectivity index (χ4v) is 5.44. The average molecular weight is 544 g/mol. The molecule has 0 unspecified atom stereocenters. The predicted octanol–water partition coefficient (Wildman–Crippen LogP) is 4.45. The molecule has 0 saturated heterocycles. The second-order valence-electron chi connectivity index (χ2n) is 8.58. The van der Waals surface area contributed by atoms with Gasteiger partial charge in [0.15, 0.2) is 4.80 Å². The molecule has 9 heteroatoms. The van der Waals surface area contributed by atoms with Crippen LogP contribution in [0.15, 0.2) is 99.9 Å². The van der Waals surface area contributed by atoms with E-state index in [1.807, 2.05) is 18.2 Å². The van der Waals surface area contributed by atoms with Crippen LogP contribution in [0.1, 0.15) is 31.0 Å². The summed E-state index contributed by atoms with van der Waals surface area (Å²) in [6.45, 7) is 3.08. The number of benzene rings is 3. The van der Waals surface area contributed by atoms with E-state index in [2.05, 4.69) is 10.3 Å². The Morgan fingerprint density at radius 3 is 2.42 bits per heavy atom. The van der Waals surface area contributed by atoms with E-state index in [-0.39, 0.29) is 11.5 Å². The number of nitrogens with zero attached hydrogens (tertiary/aromatic N) is 2. The number of thiazole rings is 1. The highest BCUT2D eigenvalue weighted by molar-refractivity contribution is 7.07. The molecule has 0 aliphatic carbocycles. The quantitative estimate of drug-likeness (QED) is 0.297. The SMILES string of the molecule is CC(=O)Oc1ccccc1C=c1sc2n(c1=O)[C@@H](c1ccc(Cl)cc1)C(C(=O)Nc1ccccc1)=C(C)N=2. The van der Waals surface area contributed by atoms with Gasteiger partial charge in [-0.2, -0.15) is 0 Å². The van der Waals surface area contributed by atoms with Crippen molar-refractivity contribution >= 4 is 46.6 Å². The summed E-state index contributed by atoms with van der Waals surface area (Å²) >= 11 is 7.35. The number of allylic oxidation sites excluding steroid dienone is 1. The molecule has 5 rings (SSSR count). The molecule has 1 aliphatic heterocycles. The maximum Gasteiger partial charge on any atom is 0.308 e. The number of ether oxygens (including phenoxy) is 1. The Bertz CT molecular complexity index is 1760. The molecule has 1 amide bonds. The van der Waals surface area contributed by atoms with Gasteiger partial charge in [-0.25, -0.2) is 4.99 Å². The van der Waals surface area contributed by atoms with Crippen LogP contribution in [0.5, 0.6) is 5.75 Å². The molecule has 38 heavy (non-hydrogen) atoms. The zero-order valence-corrected chi connectivity index (χ0v) is 22.0. The van der Waals surface area contributed by atoms with E-state index >= 15 is 0 Å². The Morgan fingerprint density at radius 2 is 1.71 bits per heavy atom. The summed E-state index contributed by atoms with van der Waals surface area (Å²) in [5.41, 5.74) is 2.47. The first-order valence-corrected chi connectivity index (χ1v) is 12.9. The number of hydrogen-bond donors (Lipinski definition) is 1. The lowest BCUT2D eigenvalue weighted by Gasteiger charge is -2.25. The molecule has 1 atom stereocenters. The van der Waals surface area contributed by atoms with E-state index in [9.17, 15) is 14.4 Å². The monoisotopic (exact) mass is 543 g/mol. The number of para-hydroxylation sites is 2. The second-order valence-corrected chi connectivity index (χ2v) is 10.0. The molecular formula is C29H22ClN3O4S. The van der Waals surface area contributed by atoms with E-state index in [4.69, 9.17) is 16.3 Å². The molecule has 4 aromatic rings. The molecule has 0 radical (unpaired) electrons. The van der Waals surface area contributed by atoms with E-state index in [1.54, 1.807) is 73.7 Å². The van der Waals surface area contributed by atoms with Crippen LogP contribution < -0.4 is 24.9 Å². The number of fused-ring (bicyclic) bond motifs is 1. The van der Waals surface area contributed by atoms with Crippen molar-refractivity contribution in [2.45, 2.75) is 19.9 Å². The van der Waals surface area contributed by atoms with Gasteiger partial charge < -0.3 is 10.1 Å². The van der Waals surface area contributed by atoms with Gasteiger partial charge in [0.25, 0.3) is 11.5 Å². The first-order chi connectivity index (χ1) is 18.3. The molecule has 2 heterocycles. The molecule has 1 aromatic heterocycles. The number of anilines is 1. The van der Waals surface area contributed by atoms with Crippen LogP contribution in [0, 0.1) is 0 Å². The molecule has 0 bridgehead atoms. The summed E-state index contributed by atoms with van der Waals surface area (Å²) in [5, 5.41) is 3.47. The average Bonchev–Trinajstić information content (AvgIpc) is 3.19. The Hall–Kier alpha value is -4.27. The number of esters is 1. The van der Waals surface area contributed by atoms with Gasteiger partial charge in [-0.3, -0.25) is 19.0 Å². The van der Waals surface area contributed by atoms with Crippen molar-refractivity contribution in [1.82, 2.24) is 4.57 Å². The highest BCUT2D eigenvalue weighted by atomic mass is 35.5. The van der Waals surface area contributed by atoms with Crippen molar-refractivity contribution in [3.63, 3.8) is 0 Å². The van der Waals surface area contributed by atoms with Crippen LogP contribution in [-0.4, -0.2) is 16.4 Å². The molecule has 190 valence electrons. The number of aromatic nitrogens is 1. The third kappa shape index (κ3) is 5.09. The van der Waals surface area contributed by atoms with Gasteiger partial charge >= 0.3 is 5.97 Å². The van der Waals surface area contributed by atoms with Crippen LogP contribution in [0.25, 0.3) is 6.08 Å². The van der Waals surface area contributed by atoms with E-state index in [0.29, 0.717) is 42.6 Å².